The van der Waals surface area contributed by atoms with E-state index in [9.17, 15) is 9.59 Å². The number of carbonyl (C=O) groups is 1. The fourth-order valence-electron chi connectivity index (χ4n) is 2.44. The standard InChI is InChI=1S/C18H17N3O2/c1-11-7-8-12(2)15(9-11)20-17(22)10-16-19-14-6-4-3-5-13(14)18(23)21-16/h3-9H,10H2,1-2H3,(H,20,22)(H,19,21,23). The third kappa shape index (κ3) is 3.29. The van der Waals surface area contributed by atoms with Crippen LogP contribution in [0.25, 0.3) is 10.9 Å². The molecule has 0 aliphatic carbocycles. The second-order valence-corrected chi connectivity index (χ2v) is 5.57. The first-order chi connectivity index (χ1) is 11.0. The minimum absolute atomic E-state index is 0.0213. The van der Waals surface area contributed by atoms with E-state index < -0.39 is 0 Å². The van der Waals surface area contributed by atoms with Gasteiger partial charge in [0.15, 0.2) is 0 Å². The summed E-state index contributed by atoms with van der Waals surface area (Å²) in [6.07, 6.45) is 0.0213. The first-order valence-corrected chi connectivity index (χ1v) is 7.38. The lowest BCUT2D eigenvalue weighted by Gasteiger charge is -2.09. The van der Waals surface area contributed by atoms with Gasteiger partial charge in [0.05, 0.1) is 17.3 Å². The predicted octanol–water partition coefficient (Wildman–Crippen LogP) is 2.72. The van der Waals surface area contributed by atoms with E-state index in [1.807, 2.05) is 38.1 Å². The normalized spacial score (nSPS) is 10.7. The van der Waals surface area contributed by atoms with E-state index in [0.717, 1.165) is 16.8 Å². The molecule has 0 saturated carbocycles. The minimum atomic E-state index is -0.231. The van der Waals surface area contributed by atoms with Gasteiger partial charge in [0.1, 0.15) is 5.82 Å². The van der Waals surface area contributed by atoms with E-state index in [0.29, 0.717) is 16.7 Å². The van der Waals surface area contributed by atoms with Crippen LogP contribution in [0.15, 0.2) is 47.3 Å². The van der Waals surface area contributed by atoms with Crippen LogP contribution in [0, 0.1) is 13.8 Å². The largest absolute Gasteiger partial charge is 0.325 e. The Hall–Kier alpha value is -2.95. The van der Waals surface area contributed by atoms with E-state index in [-0.39, 0.29) is 17.9 Å². The van der Waals surface area contributed by atoms with Crippen LogP contribution in [0.3, 0.4) is 0 Å². The summed E-state index contributed by atoms with van der Waals surface area (Å²) in [5, 5.41) is 3.39. The summed E-state index contributed by atoms with van der Waals surface area (Å²) in [6.45, 7) is 3.91. The van der Waals surface area contributed by atoms with Crippen LogP contribution < -0.4 is 10.9 Å². The number of nitrogens with one attached hydrogen (secondary N) is 2. The van der Waals surface area contributed by atoms with E-state index in [2.05, 4.69) is 15.3 Å². The molecule has 0 aliphatic rings. The zero-order valence-corrected chi connectivity index (χ0v) is 13.0. The topological polar surface area (TPSA) is 74.8 Å². The Morgan fingerprint density at radius 3 is 2.78 bits per heavy atom. The van der Waals surface area contributed by atoms with E-state index >= 15 is 0 Å². The highest BCUT2D eigenvalue weighted by Crippen LogP contribution is 2.16. The summed E-state index contributed by atoms with van der Waals surface area (Å²) >= 11 is 0. The van der Waals surface area contributed by atoms with Crippen molar-refractivity contribution in [3.8, 4) is 0 Å². The highest BCUT2D eigenvalue weighted by molar-refractivity contribution is 5.92. The molecular weight excluding hydrogens is 290 g/mol. The Labute approximate surface area is 133 Å². The van der Waals surface area contributed by atoms with Gasteiger partial charge in [-0.2, -0.15) is 0 Å². The van der Waals surface area contributed by atoms with Crippen molar-refractivity contribution >= 4 is 22.5 Å². The van der Waals surface area contributed by atoms with Gasteiger partial charge in [-0.15, -0.1) is 0 Å². The van der Waals surface area contributed by atoms with Crippen LogP contribution in [0.1, 0.15) is 17.0 Å². The summed E-state index contributed by atoms with van der Waals surface area (Å²) in [5.41, 5.74) is 3.20. The average Bonchev–Trinajstić information content (AvgIpc) is 2.51. The SMILES string of the molecule is Cc1ccc(C)c(NC(=O)Cc2nc3ccccc3c(=O)[nH]2)c1. The summed E-state index contributed by atoms with van der Waals surface area (Å²) in [5.74, 6) is 0.147. The number of benzene rings is 2. The molecule has 2 N–H and O–H groups in total. The van der Waals surface area contributed by atoms with Crippen molar-refractivity contribution in [2.24, 2.45) is 0 Å². The Bertz CT molecular complexity index is 944. The maximum Gasteiger partial charge on any atom is 0.258 e. The zero-order chi connectivity index (χ0) is 16.4. The van der Waals surface area contributed by atoms with Crippen LogP contribution in [-0.4, -0.2) is 15.9 Å². The average molecular weight is 307 g/mol. The Balaban J connectivity index is 1.83. The molecule has 5 heteroatoms. The van der Waals surface area contributed by atoms with E-state index in [4.69, 9.17) is 0 Å². The highest BCUT2D eigenvalue weighted by Gasteiger charge is 2.10. The van der Waals surface area contributed by atoms with Gasteiger partial charge in [-0.1, -0.05) is 24.3 Å². The van der Waals surface area contributed by atoms with Crippen LogP contribution in [0.2, 0.25) is 0 Å². The number of para-hydroxylation sites is 1. The van der Waals surface area contributed by atoms with Crippen LogP contribution in [0.4, 0.5) is 5.69 Å². The molecule has 23 heavy (non-hydrogen) atoms. The van der Waals surface area contributed by atoms with Crippen molar-refractivity contribution in [3.05, 3.63) is 69.8 Å². The molecule has 116 valence electrons. The van der Waals surface area contributed by atoms with Gasteiger partial charge < -0.3 is 10.3 Å². The van der Waals surface area contributed by atoms with Crippen LogP contribution in [-0.2, 0) is 11.2 Å². The number of fused-ring (bicyclic) bond motifs is 1. The Morgan fingerprint density at radius 2 is 1.96 bits per heavy atom. The number of carbonyl (C=O) groups excluding carboxylic acids is 1. The van der Waals surface area contributed by atoms with Crippen molar-refractivity contribution in [2.75, 3.05) is 5.32 Å². The third-order valence-corrected chi connectivity index (χ3v) is 3.66. The van der Waals surface area contributed by atoms with Gasteiger partial charge in [0.2, 0.25) is 5.91 Å². The van der Waals surface area contributed by atoms with Crippen LogP contribution >= 0.6 is 0 Å². The van der Waals surface area contributed by atoms with Crippen molar-refractivity contribution in [2.45, 2.75) is 20.3 Å². The second-order valence-electron chi connectivity index (χ2n) is 5.57. The van der Waals surface area contributed by atoms with Gasteiger partial charge in [0.25, 0.3) is 5.56 Å². The molecule has 2 aromatic carbocycles. The van der Waals surface area contributed by atoms with Crippen molar-refractivity contribution in [1.29, 1.82) is 0 Å². The second kappa shape index (κ2) is 6.04. The number of anilines is 1. The molecule has 3 rings (SSSR count). The number of aryl methyl sites for hydroxylation is 2. The number of hydrogen-bond donors (Lipinski definition) is 2. The molecule has 0 spiro atoms. The van der Waals surface area contributed by atoms with E-state index in [1.54, 1.807) is 18.2 Å². The molecule has 0 radical (unpaired) electrons. The predicted molar refractivity (Wildman–Crippen MR) is 90.6 cm³/mol. The molecule has 0 bridgehead atoms. The van der Waals surface area contributed by atoms with Crippen molar-refractivity contribution < 1.29 is 4.79 Å². The summed E-state index contributed by atoms with van der Waals surface area (Å²) in [7, 11) is 0. The third-order valence-electron chi connectivity index (χ3n) is 3.66. The Morgan fingerprint density at radius 1 is 1.17 bits per heavy atom. The van der Waals surface area contributed by atoms with E-state index in [1.165, 1.54) is 0 Å². The summed E-state index contributed by atoms with van der Waals surface area (Å²) in [6, 6.07) is 12.9. The maximum atomic E-state index is 12.2. The molecule has 5 nitrogen and oxygen atoms in total. The first-order valence-electron chi connectivity index (χ1n) is 7.38. The fourth-order valence-corrected chi connectivity index (χ4v) is 2.44. The highest BCUT2D eigenvalue weighted by atomic mass is 16.1. The lowest BCUT2D eigenvalue weighted by Crippen LogP contribution is -2.20. The maximum absolute atomic E-state index is 12.2. The number of rotatable bonds is 3. The lowest BCUT2D eigenvalue weighted by atomic mass is 10.1. The molecule has 0 fully saturated rings. The van der Waals surface area contributed by atoms with Gasteiger partial charge in [-0.05, 0) is 43.2 Å². The van der Waals surface area contributed by atoms with Gasteiger partial charge >= 0.3 is 0 Å². The fraction of sp³-hybridized carbons (Fsp3) is 0.167. The molecule has 1 heterocycles. The number of nitrogens with zero attached hydrogens (tertiary/aromatic N) is 1. The number of H-pyrrole nitrogens is 1. The number of aromatic nitrogens is 2. The summed E-state index contributed by atoms with van der Waals surface area (Å²) < 4.78 is 0. The van der Waals surface area contributed by atoms with Gasteiger partial charge in [-0.25, -0.2) is 4.98 Å². The van der Waals surface area contributed by atoms with Gasteiger partial charge in [-0.3, -0.25) is 9.59 Å². The molecule has 0 unspecified atom stereocenters. The number of hydrogen-bond acceptors (Lipinski definition) is 3. The quantitative estimate of drug-likeness (QED) is 0.781. The first kappa shape index (κ1) is 15.0. The molecule has 1 aromatic heterocycles. The Kier molecular flexibility index (Phi) is 3.93. The lowest BCUT2D eigenvalue weighted by molar-refractivity contribution is -0.115. The van der Waals surface area contributed by atoms with Crippen molar-refractivity contribution in [1.82, 2.24) is 9.97 Å². The molecule has 0 atom stereocenters. The molecule has 1 amide bonds. The van der Waals surface area contributed by atoms with Crippen LogP contribution in [0.5, 0.6) is 0 Å². The molecule has 3 aromatic rings. The van der Waals surface area contributed by atoms with Crippen molar-refractivity contribution in [3.63, 3.8) is 0 Å². The monoisotopic (exact) mass is 307 g/mol. The number of aromatic amines is 1. The van der Waals surface area contributed by atoms with Gasteiger partial charge in [0, 0.05) is 5.69 Å². The smallest absolute Gasteiger partial charge is 0.258 e. The minimum Gasteiger partial charge on any atom is -0.325 e. The number of amides is 1. The zero-order valence-electron chi connectivity index (χ0n) is 13.0. The molecular formula is C18H17N3O2. The summed E-state index contributed by atoms with van der Waals surface area (Å²) in [4.78, 5) is 31.2. The molecule has 0 saturated heterocycles. The molecule has 0 aliphatic heterocycles.